The molecule has 1 aliphatic heterocycles. The first-order chi connectivity index (χ1) is 10.8. The Balaban J connectivity index is 2.26. The molecule has 1 aromatic heterocycles. The maximum Gasteiger partial charge on any atom is 0.262 e. The maximum absolute atomic E-state index is 13.0. The summed E-state index contributed by atoms with van der Waals surface area (Å²) in [6, 6.07) is 5.44. The van der Waals surface area contributed by atoms with Gasteiger partial charge in [-0.25, -0.2) is 4.98 Å². The summed E-state index contributed by atoms with van der Waals surface area (Å²) in [7, 11) is 0. The molecule has 1 saturated heterocycles. The summed E-state index contributed by atoms with van der Waals surface area (Å²) in [6.07, 6.45) is 1.26. The topological polar surface area (TPSA) is 81.1 Å². The quantitative estimate of drug-likeness (QED) is 0.810. The van der Waals surface area contributed by atoms with E-state index in [1.165, 1.54) is 4.57 Å². The fourth-order valence-corrected chi connectivity index (χ4v) is 3.23. The number of imide groups is 1. The molecule has 0 radical (unpaired) electrons. The monoisotopic (exact) mass is 313 g/mol. The first kappa shape index (κ1) is 15.4. The number of carbonyl (C=O) groups excluding carboxylic acids is 2. The van der Waals surface area contributed by atoms with Gasteiger partial charge in [-0.05, 0) is 51.3 Å². The van der Waals surface area contributed by atoms with Crippen molar-refractivity contribution in [2.75, 3.05) is 0 Å². The van der Waals surface area contributed by atoms with Crippen molar-refractivity contribution in [3.05, 3.63) is 39.9 Å². The third-order valence-electron chi connectivity index (χ3n) is 4.50. The van der Waals surface area contributed by atoms with Crippen LogP contribution in [0.2, 0.25) is 0 Å². The van der Waals surface area contributed by atoms with Gasteiger partial charge >= 0.3 is 0 Å². The van der Waals surface area contributed by atoms with Crippen LogP contribution >= 0.6 is 0 Å². The van der Waals surface area contributed by atoms with Crippen molar-refractivity contribution in [3.8, 4) is 0 Å². The van der Waals surface area contributed by atoms with E-state index in [-0.39, 0.29) is 17.9 Å². The minimum atomic E-state index is -1.11. The van der Waals surface area contributed by atoms with Crippen LogP contribution < -0.4 is 10.9 Å². The predicted octanol–water partition coefficient (Wildman–Crippen LogP) is 1.56. The summed E-state index contributed by atoms with van der Waals surface area (Å²) in [5, 5.41) is 2.85. The Labute approximate surface area is 133 Å². The van der Waals surface area contributed by atoms with Gasteiger partial charge in [0.25, 0.3) is 11.5 Å². The molecule has 1 atom stereocenters. The van der Waals surface area contributed by atoms with E-state index in [1.807, 2.05) is 19.1 Å². The molecule has 6 heteroatoms. The molecule has 0 bridgehead atoms. The third kappa shape index (κ3) is 2.44. The average molecular weight is 313 g/mol. The number of carbonyl (C=O) groups is 2. The van der Waals surface area contributed by atoms with Gasteiger partial charge in [-0.15, -0.1) is 0 Å². The number of aryl methyl sites for hydroxylation is 2. The zero-order valence-corrected chi connectivity index (χ0v) is 13.5. The van der Waals surface area contributed by atoms with E-state index < -0.39 is 11.4 Å². The summed E-state index contributed by atoms with van der Waals surface area (Å²) >= 11 is 0. The van der Waals surface area contributed by atoms with Gasteiger partial charge in [-0.2, -0.15) is 0 Å². The number of fused-ring (bicyclic) bond motifs is 1. The summed E-state index contributed by atoms with van der Waals surface area (Å²) in [5.74, 6) is -0.271. The Hall–Kier alpha value is -2.50. The smallest absolute Gasteiger partial charge is 0.262 e. The van der Waals surface area contributed by atoms with Gasteiger partial charge in [0.15, 0.2) is 0 Å². The maximum atomic E-state index is 13.0. The Morgan fingerprint density at radius 1 is 1.22 bits per heavy atom. The van der Waals surface area contributed by atoms with Crippen LogP contribution in [-0.2, 0) is 15.1 Å². The molecule has 23 heavy (non-hydrogen) atoms. The van der Waals surface area contributed by atoms with Crippen LogP contribution in [0.25, 0.3) is 10.9 Å². The number of amides is 2. The van der Waals surface area contributed by atoms with Crippen LogP contribution in [0.3, 0.4) is 0 Å². The molecule has 1 fully saturated rings. The normalized spacial score (nSPS) is 22.0. The van der Waals surface area contributed by atoms with E-state index in [1.54, 1.807) is 19.9 Å². The van der Waals surface area contributed by atoms with Gasteiger partial charge < -0.3 is 0 Å². The van der Waals surface area contributed by atoms with Crippen molar-refractivity contribution in [1.29, 1.82) is 0 Å². The zero-order chi connectivity index (χ0) is 16.8. The highest BCUT2D eigenvalue weighted by molar-refractivity contribution is 5.99. The van der Waals surface area contributed by atoms with Crippen LogP contribution in [0.4, 0.5) is 0 Å². The molecule has 0 saturated carbocycles. The van der Waals surface area contributed by atoms with Crippen molar-refractivity contribution in [2.45, 2.75) is 45.6 Å². The largest absolute Gasteiger partial charge is 0.294 e. The van der Waals surface area contributed by atoms with Gasteiger partial charge in [-0.3, -0.25) is 24.3 Å². The lowest BCUT2D eigenvalue weighted by Crippen LogP contribution is -2.51. The minimum Gasteiger partial charge on any atom is -0.294 e. The number of hydrogen-bond acceptors (Lipinski definition) is 4. The second-order valence-electron chi connectivity index (χ2n) is 6.32. The molecule has 2 amide bonds. The van der Waals surface area contributed by atoms with Gasteiger partial charge in [-0.1, -0.05) is 6.07 Å². The molecular weight excluding hydrogens is 294 g/mol. The lowest BCUT2D eigenvalue weighted by Gasteiger charge is -2.30. The first-order valence-corrected chi connectivity index (χ1v) is 7.68. The standard InChI is InChI=1S/C17H19N3O3/c1-10-6-7-12-13(9-10)18-11(2)20(15(12)22)17(3)8-4-5-14(21)19-16(17)23/h6-7,9H,4-5,8H2,1-3H3,(H,19,21,23). The van der Waals surface area contributed by atoms with Crippen molar-refractivity contribution >= 4 is 22.7 Å². The molecule has 120 valence electrons. The van der Waals surface area contributed by atoms with Gasteiger partial charge in [0, 0.05) is 6.42 Å². The minimum absolute atomic E-state index is 0.250. The Morgan fingerprint density at radius 2 is 1.96 bits per heavy atom. The number of nitrogens with zero attached hydrogens (tertiary/aromatic N) is 2. The molecule has 0 spiro atoms. The van der Waals surface area contributed by atoms with E-state index in [0.717, 1.165) is 5.56 Å². The highest BCUT2D eigenvalue weighted by Crippen LogP contribution is 2.26. The van der Waals surface area contributed by atoms with Gasteiger partial charge in [0.1, 0.15) is 11.4 Å². The SMILES string of the molecule is Cc1ccc2c(=O)n(C3(C)CCCC(=O)NC3=O)c(C)nc2c1. The van der Waals surface area contributed by atoms with Crippen LogP contribution in [0.15, 0.2) is 23.0 Å². The van der Waals surface area contributed by atoms with Gasteiger partial charge in [0.05, 0.1) is 10.9 Å². The predicted molar refractivity (Wildman–Crippen MR) is 86.1 cm³/mol. The summed E-state index contributed by atoms with van der Waals surface area (Å²) in [4.78, 5) is 41.6. The average Bonchev–Trinajstić information content (AvgIpc) is 2.58. The van der Waals surface area contributed by atoms with E-state index in [0.29, 0.717) is 29.6 Å². The van der Waals surface area contributed by atoms with Crippen molar-refractivity contribution in [2.24, 2.45) is 0 Å². The van der Waals surface area contributed by atoms with Crippen LogP contribution in [0, 0.1) is 13.8 Å². The van der Waals surface area contributed by atoms with Crippen LogP contribution in [0.1, 0.15) is 37.6 Å². The Bertz CT molecular complexity index is 885. The van der Waals surface area contributed by atoms with E-state index in [2.05, 4.69) is 10.3 Å². The molecule has 0 aliphatic carbocycles. The first-order valence-electron chi connectivity index (χ1n) is 7.68. The van der Waals surface area contributed by atoms with E-state index >= 15 is 0 Å². The lowest BCUT2D eigenvalue weighted by molar-refractivity contribution is -0.134. The lowest BCUT2D eigenvalue weighted by atomic mass is 9.94. The number of benzene rings is 1. The summed E-state index contributed by atoms with van der Waals surface area (Å²) < 4.78 is 1.43. The zero-order valence-electron chi connectivity index (χ0n) is 13.5. The Morgan fingerprint density at radius 3 is 2.70 bits per heavy atom. The molecule has 2 heterocycles. The molecule has 3 rings (SSSR count). The van der Waals surface area contributed by atoms with Crippen molar-refractivity contribution in [3.63, 3.8) is 0 Å². The second-order valence-corrected chi connectivity index (χ2v) is 6.32. The molecule has 1 aromatic carbocycles. The molecule has 2 aromatic rings. The second kappa shape index (κ2) is 5.30. The van der Waals surface area contributed by atoms with Gasteiger partial charge in [0.2, 0.25) is 5.91 Å². The molecule has 1 unspecified atom stereocenters. The highest BCUT2D eigenvalue weighted by atomic mass is 16.2. The molecule has 1 aliphatic rings. The number of nitrogens with one attached hydrogen (secondary N) is 1. The summed E-state index contributed by atoms with van der Waals surface area (Å²) in [6.45, 7) is 5.35. The molecule has 6 nitrogen and oxygen atoms in total. The van der Waals surface area contributed by atoms with E-state index in [4.69, 9.17) is 0 Å². The van der Waals surface area contributed by atoms with Crippen molar-refractivity contribution in [1.82, 2.24) is 14.9 Å². The number of aromatic nitrogens is 2. The number of rotatable bonds is 1. The fourth-order valence-electron chi connectivity index (χ4n) is 3.23. The Kier molecular flexibility index (Phi) is 3.55. The summed E-state index contributed by atoms with van der Waals surface area (Å²) in [5.41, 5.74) is 0.280. The van der Waals surface area contributed by atoms with Crippen LogP contribution in [0.5, 0.6) is 0 Å². The molecular formula is C17H19N3O3. The molecule has 1 N–H and O–H groups in total. The van der Waals surface area contributed by atoms with Crippen molar-refractivity contribution < 1.29 is 9.59 Å². The third-order valence-corrected chi connectivity index (χ3v) is 4.50. The van der Waals surface area contributed by atoms with E-state index in [9.17, 15) is 14.4 Å². The fraction of sp³-hybridized carbons (Fsp3) is 0.412. The highest BCUT2D eigenvalue weighted by Gasteiger charge is 2.40. The number of hydrogen-bond donors (Lipinski definition) is 1. The van der Waals surface area contributed by atoms with Crippen LogP contribution in [-0.4, -0.2) is 21.4 Å².